The van der Waals surface area contributed by atoms with Crippen molar-refractivity contribution >= 4 is 72.9 Å². The molecule has 5 aromatic rings. The number of aryl methyl sites for hydroxylation is 1. The Hall–Kier alpha value is -5.06. The number of likely N-dealkylation sites (tertiary alicyclic amines) is 1. The minimum Gasteiger partial charge on any atom is -0.370 e. The number of nitrogens with zero attached hydrogens (tertiary/aromatic N) is 7. The summed E-state index contributed by atoms with van der Waals surface area (Å²) in [6, 6.07) is 12.2. The number of hydrogen-bond acceptors (Lipinski definition) is 12. The first-order valence-corrected chi connectivity index (χ1v) is 22.9. The number of piperidine rings is 3. The third-order valence-electron chi connectivity index (χ3n) is 13.3. The molecule has 17 heteroatoms. The van der Waals surface area contributed by atoms with E-state index in [9.17, 15) is 22.8 Å². The van der Waals surface area contributed by atoms with Crippen LogP contribution in [0.5, 0.6) is 0 Å². The summed E-state index contributed by atoms with van der Waals surface area (Å²) in [6.45, 7) is 10.6. The van der Waals surface area contributed by atoms with Gasteiger partial charge in [0.15, 0.2) is 9.84 Å². The summed E-state index contributed by atoms with van der Waals surface area (Å²) in [4.78, 5) is 51.1. The SMILES string of the molecule is Cc1cc(S(=O)(=O)C2CC3(CCN(CC4CCN(c5ccc(NC6CCC(=O)NC6=O)n6nccc56)CC4)CC3)C2)ccc1Nc1ncc2cc(Cl)c(=O)n(C(C)C)c2n1. The van der Waals surface area contributed by atoms with Crippen LogP contribution in [-0.4, -0.2) is 93.3 Å². The fraction of sp³-hybridized carbons (Fsp3) is 0.488. The van der Waals surface area contributed by atoms with Gasteiger partial charge in [-0.2, -0.15) is 10.1 Å². The molecule has 3 N–H and O–H groups in total. The molecule has 0 bridgehead atoms. The molecular weight excluding hydrogens is 804 g/mol. The van der Waals surface area contributed by atoms with Crippen LogP contribution in [0.1, 0.15) is 76.8 Å². The molecule has 4 aromatic heterocycles. The lowest BCUT2D eigenvalue weighted by Gasteiger charge is -2.52. The lowest BCUT2D eigenvalue weighted by molar-refractivity contribution is -0.133. The van der Waals surface area contributed by atoms with E-state index < -0.39 is 15.9 Å². The standard InChI is InChI=1S/C43H51ClN10O5S/c1-26(2)53-39-29(21-32(44)41(53)57)24-45-42(50-39)48-33-5-4-30(20-27(33)3)60(58,59)31-22-43(23-31)13-18-51(19-14-43)25-28-11-16-52(17-12-28)35-7-8-37(54-36(35)10-15-46-54)47-34-6-9-38(55)49-40(34)56/h4-5,7-8,10,15,20-21,24,26,28,31,34,47H,6,9,11-14,16-19,22-23,25H2,1-3H3,(H,45,48,50)(H,49,55,56). The summed E-state index contributed by atoms with van der Waals surface area (Å²) < 4.78 is 31.1. The maximum atomic E-state index is 13.9. The van der Waals surface area contributed by atoms with Crippen LogP contribution in [0, 0.1) is 18.3 Å². The molecule has 15 nitrogen and oxygen atoms in total. The first-order chi connectivity index (χ1) is 28.8. The van der Waals surface area contributed by atoms with Gasteiger partial charge in [0.2, 0.25) is 17.8 Å². The highest BCUT2D eigenvalue weighted by Crippen LogP contribution is 2.53. The molecule has 2 amide bonds. The van der Waals surface area contributed by atoms with Gasteiger partial charge in [0.1, 0.15) is 22.5 Å². The molecule has 4 aliphatic rings. The zero-order valence-corrected chi connectivity index (χ0v) is 35.7. The van der Waals surface area contributed by atoms with E-state index in [0.717, 1.165) is 81.0 Å². The zero-order chi connectivity index (χ0) is 41.9. The minimum atomic E-state index is -3.49. The van der Waals surface area contributed by atoms with E-state index in [0.29, 0.717) is 59.2 Å². The number of imide groups is 1. The Labute approximate surface area is 353 Å². The summed E-state index contributed by atoms with van der Waals surface area (Å²) in [5.41, 5.74) is 3.81. The fourth-order valence-corrected chi connectivity index (χ4v) is 12.1. The van der Waals surface area contributed by atoms with Crippen molar-refractivity contribution in [2.45, 2.75) is 94.4 Å². The molecule has 3 saturated heterocycles. The van der Waals surface area contributed by atoms with Crippen molar-refractivity contribution < 1.29 is 18.0 Å². The molecule has 316 valence electrons. The van der Waals surface area contributed by atoms with E-state index in [1.165, 1.54) is 0 Å². The van der Waals surface area contributed by atoms with E-state index in [1.807, 2.05) is 37.4 Å². The van der Waals surface area contributed by atoms with E-state index in [-0.39, 0.29) is 39.1 Å². The van der Waals surface area contributed by atoms with Gasteiger partial charge in [0, 0.05) is 49.4 Å². The Bertz CT molecular complexity index is 2660. The zero-order valence-electron chi connectivity index (χ0n) is 34.2. The Balaban J connectivity index is 0.760. The number of halogens is 1. The second-order valence-corrected chi connectivity index (χ2v) is 20.2. The third kappa shape index (κ3) is 7.62. The number of aromatic nitrogens is 5. The molecule has 9 rings (SSSR count). The summed E-state index contributed by atoms with van der Waals surface area (Å²) in [6.07, 6.45) is 9.82. The number of pyridine rings is 2. The lowest BCUT2D eigenvalue weighted by atomic mass is 9.63. The molecule has 1 aliphatic carbocycles. The van der Waals surface area contributed by atoms with Crippen molar-refractivity contribution in [3.8, 4) is 0 Å². The molecule has 4 fully saturated rings. The number of rotatable bonds is 10. The van der Waals surface area contributed by atoms with Crippen LogP contribution in [0.25, 0.3) is 16.6 Å². The summed E-state index contributed by atoms with van der Waals surface area (Å²) in [5, 5.41) is 13.8. The molecule has 1 spiro atoms. The monoisotopic (exact) mass is 854 g/mol. The molecule has 1 atom stereocenters. The first-order valence-electron chi connectivity index (χ1n) is 21.0. The molecule has 60 heavy (non-hydrogen) atoms. The quantitative estimate of drug-likeness (QED) is 0.143. The average molecular weight is 855 g/mol. The smallest absolute Gasteiger partial charge is 0.271 e. The molecule has 1 saturated carbocycles. The van der Waals surface area contributed by atoms with Crippen LogP contribution in [0.2, 0.25) is 5.02 Å². The van der Waals surface area contributed by atoms with Crippen molar-refractivity contribution in [1.29, 1.82) is 0 Å². The van der Waals surface area contributed by atoms with E-state index in [4.69, 9.17) is 11.6 Å². The number of benzene rings is 1. The predicted octanol–water partition coefficient (Wildman–Crippen LogP) is 5.88. The Morgan fingerprint density at radius 3 is 2.47 bits per heavy atom. The van der Waals surface area contributed by atoms with Crippen molar-refractivity contribution in [3.63, 3.8) is 0 Å². The van der Waals surface area contributed by atoms with Crippen LogP contribution >= 0.6 is 11.6 Å². The molecule has 0 radical (unpaired) electrons. The Morgan fingerprint density at radius 2 is 1.75 bits per heavy atom. The number of amides is 2. The maximum Gasteiger partial charge on any atom is 0.271 e. The maximum absolute atomic E-state index is 13.9. The molecular formula is C43H51ClN10O5S. The second-order valence-electron chi connectivity index (χ2n) is 17.5. The molecule has 3 aliphatic heterocycles. The topological polar surface area (TPSA) is 176 Å². The Morgan fingerprint density at radius 1 is 0.983 bits per heavy atom. The van der Waals surface area contributed by atoms with E-state index in [1.54, 1.807) is 41.2 Å². The Kier molecular flexibility index (Phi) is 10.6. The number of nitrogens with one attached hydrogen (secondary N) is 3. The van der Waals surface area contributed by atoms with Gasteiger partial charge >= 0.3 is 0 Å². The predicted molar refractivity (Wildman–Crippen MR) is 232 cm³/mol. The van der Waals surface area contributed by atoms with Crippen molar-refractivity contribution in [2.75, 3.05) is 48.3 Å². The normalized spacial score (nSPS) is 20.6. The number of sulfone groups is 1. The highest BCUT2D eigenvalue weighted by Gasteiger charge is 2.51. The average Bonchev–Trinajstić information content (AvgIpc) is 3.71. The van der Waals surface area contributed by atoms with Gasteiger partial charge in [-0.15, -0.1) is 0 Å². The van der Waals surface area contributed by atoms with Crippen LogP contribution in [0.3, 0.4) is 0 Å². The van der Waals surface area contributed by atoms with Crippen LogP contribution in [-0.2, 0) is 19.4 Å². The van der Waals surface area contributed by atoms with Crippen molar-refractivity contribution in [1.82, 2.24) is 34.4 Å². The van der Waals surface area contributed by atoms with Crippen LogP contribution in [0.4, 0.5) is 23.1 Å². The van der Waals surface area contributed by atoms with Gasteiger partial charge in [-0.25, -0.2) is 17.9 Å². The largest absolute Gasteiger partial charge is 0.370 e. The highest BCUT2D eigenvalue weighted by molar-refractivity contribution is 7.92. The third-order valence-corrected chi connectivity index (χ3v) is 15.7. The second kappa shape index (κ2) is 15.8. The lowest BCUT2D eigenvalue weighted by Crippen LogP contribution is -2.52. The minimum absolute atomic E-state index is 0.0957. The molecule has 7 heterocycles. The van der Waals surface area contributed by atoms with Gasteiger partial charge in [0.25, 0.3) is 5.56 Å². The number of hydrogen-bond donors (Lipinski definition) is 3. The van der Waals surface area contributed by atoms with E-state index in [2.05, 4.69) is 46.9 Å². The number of carbonyl (C=O) groups is 2. The van der Waals surface area contributed by atoms with Crippen molar-refractivity contribution in [2.24, 2.45) is 11.3 Å². The fourth-order valence-electron chi connectivity index (χ4n) is 9.75. The van der Waals surface area contributed by atoms with Gasteiger partial charge in [-0.3, -0.25) is 24.3 Å². The molecule has 1 aromatic carbocycles. The van der Waals surface area contributed by atoms with Crippen molar-refractivity contribution in [3.05, 3.63) is 75.8 Å². The van der Waals surface area contributed by atoms with E-state index >= 15 is 0 Å². The first kappa shape index (κ1) is 40.4. The summed E-state index contributed by atoms with van der Waals surface area (Å²) >= 11 is 6.18. The van der Waals surface area contributed by atoms with Crippen LogP contribution < -0.4 is 26.4 Å². The van der Waals surface area contributed by atoms with Gasteiger partial charge in [-0.1, -0.05) is 11.6 Å². The summed E-state index contributed by atoms with van der Waals surface area (Å²) in [7, 11) is -3.49. The van der Waals surface area contributed by atoms with Gasteiger partial charge < -0.3 is 20.4 Å². The highest BCUT2D eigenvalue weighted by atomic mass is 35.5. The van der Waals surface area contributed by atoms with Gasteiger partial charge in [-0.05, 0) is 138 Å². The number of fused-ring (bicyclic) bond motifs is 2. The van der Waals surface area contributed by atoms with Gasteiger partial charge in [0.05, 0.1) is 27.5 Å². The number of carbonyl (C=O) groups excluding carboxylic acids is 2. The summed E-state index contributed by atoms with van der Waals surface area (Å²) in [5.74, 6) is 1.09. The molecule has 1 unspecified atom stereocenters. The van der Waals surface area contributed by atoms with Crippen LogP contribution in [0.15, 0.2) is 64.5 Å². The number of anilines is 4.